The number of amides is 2. The standard InChI is InChI=1S/C26H27F2N5O2S/c1-26(2,3)13-16(14-29)24(35)32-12-6-7-17(32)15-33-19-9-5-4-8-18(19)30-25(33)31-23(34)21-11-10-20(36-21)22(27)28/h4-5,8-11,13,17,22H,6-7,12,15H2,1-3H3,(H,30,31,34)/b16-13+/t17-/m1/s1. The Morgan fingerprint density at radius 1 is 1.28 bits per heavy atom. The fourth-order valence-corrected chi connectivity index (χ4v) is 5.10. The molecule has 3 heterocycles. The van der Waals surface area contributed by atoms with Crippen molar-refractivity contribution in [3.63, 3.8) is 0 Å². The number of thiophene rings is 1. The number of hydrogen-bond acceptors (Lipinski definition) is 5. The summed E-state index contributed by atoms with van der Waals surface area (Å²) in [6, 6.07) is 11.9. The number of rotatable bonds is 6. The Bertz CT molecular complexity index is 1360. The van der Waals surface area contributed by atoms with Gasteiger partial charge < -0.3 is 9.47 Å². The molecule has 1 aliphatic rings. The summed E-state index contributed by atoms with van der Waals surface area (Å²) in [6.45, 7) is 6.70. The van der Waals surface area contributed by atoms with Crippen LogP contribution in [-0.2, 0) is 11.3 Å². The lowest BCUT2D eigenvalue weighted by molar-refractivity contribution is -0.127. The van der Waals surface area contributed by atoms with Crippen molar-refractivity contribution in [1.82, 2.24) is 14.5 Å². The SMILES string of the molecule is CC(C)(C)/C=C(\C#N)C(=O)N1CCC[C@@H]1Cn1c(NC(=O)c2ccc(C(F)F)s2)nc2ccccc21. The zero-order valence-corrected chi connectivity index (χ0v) is 21.1. The van der Waals surface area contributed by atoms with Crippen LogP contribution < -0.4 is 5.32 Å². The van der Waals surface area contributed by atoms with E-state index >= 15 is 0 Å². The van der Waals surface area contributed by atoms with Gasteiger partial charge >= 0.3 is 0 Å². The van der Waals surface area contributed by atoms with Gasteiger partial charge in [-0.25, -0.2) is 13.8 Å². The molecule has 4 rings (SSSR count). The van der Waals surface area contributed by atoms with Crippen molar-refractivity contribution in [1.29, 1.82) is 5.26 Å². The molecule has 0 radical (unpaired) electrons. The summed E-state index contributed by atoms with van der Waals surface area (Å²) < 4.78 is 27.8. The molecule has 7 nitrogen and oxygen atoms in total. The van der Waals surface area contributed by atoms with Gasteiger partial charge in [-0.2, -0.15) is 5.26 Å². The number of nitrogens with zero attached hydrogens (tertiary/aromatic N) is 4. The Morgan fingerprint density at radius 2 is 2.03 bits per heavy atom. The quantitative estimate of drug-likeness (QED) is 0.336. The summed E-state index contributed by atoms with van der Waals surface area (Å²) >= 11 is 0.740. The number of anilines is 1. The molecule has 1 N–H and O–H groups in total. The van der Waals surface area contributed by atoms with Gasteiger partial charge in [-0.1, -0.05) is 39.0 Å². The highest BCUT2D eigenvalue weighted by atomic mass is 32.1. The lowest BCUT2D eigenvalue weighted by Gasteiger charge is -2.26. The van der Waals surface area contributed by atoms with Crippen molar-refractivity contribution < 1.29 is 18.4 Å². The topological polar surface area (TPSA) is 91.0 Å². The van der Waals surface area contributed by atoms with Gasteiger partial charge in [-0.3, -0.25) is 14.9 Å². The molecule has 2 aromatic heterocycles. The van der Waals surface area contributed by atoms with Gasteiger partial charge in [0, 0.05) is 13.1 Å². The first-order valence-corrected chi connectivity index (χ1v) is 12.5. The van der Waals surface area contributed by atoms with E-state index in [0.29, 0.717) is 18.6 Å². The Hall–Kier alpha value is -3.58. The maximum absolute atomic E-state index is 13.2. The van der Waals surface area contributed by atoms with Gasteiger partial charge in [0.05, 0.1) is 26.8 Å². The van der Waals surface area contributed by atoms with Crippen LogP contribution in [-0.4, -0.2) is 38.9 Å². The minimum Gasteiger partial charge on any atom is -0.333 e. The van der Waals surface area contributed by atoms with E-state index in [1.54, 1.807) is 11.0 Å². The van der Waals surface area contributed by atoms with E-state index in [1.165, 1.54) is 12.1 Å². The number of carbonyl (C=O) groups excluding carboxylic acids is 2. The van der Waals surface area contributed by atoms with Crippen LogP contribution >= 0.6 is 11.3 Å². The number of para-hydroxylation sites is 2. The molecule has 1 aromatic carbocycles. The molecule has 36 heavy (non-hydrogen) atoms. The van der Waals surface area contributed by atoms with Gasteiger partial charge in [-0.15, -0.1) is 11.3 Å². The summed E-state index contributed by atoms with van der Waals surface area (Å²) in [6.07, 6.45) is 0.586. The highest BCUT2D eigenvalue weighted by molar-refractivity contribution is 7.14. The molecule has 1 aliphatic heterocycles. The molecule has 0 spiro atoms. The predicted octanol–water partition coefficient (Wildman–Crippen LogP) is 5.77. The number of benzene rings is 1. The van der Waals surface area contributed by atoms with E-state index in [4.69, 9.17) is 0 Å². The lowest BCUT2D eigenvalue weighted by atomic mass is 9.93. The van der Waals surface area contributed by atoms with Crippen LogP contribution in [0.2, 0.25) is 0 Å². The number of aromatic nitrogens is 2. The van der Waals surface area contributed by atoms with Crippen LogP contribution in [0.4, 0.5) is 14.7 Å². The predicted molar refractivity (Wildman–Crippen MR) is 135 cm³/mol. The van der Waals surface area contributed by atoms with Gasteiger partial charge in [0.2, 0.25) is 5.95 Å². The molecule has 188 valence electrons. The Labute approximate surface area is 212 Å². The van der Waals surface area contributed by atoms with E-state index in [-0.39, 0.29) is 38.6 Å². The third kappa shape index (κ3) is 5.46. The summed E-state index contributed by atoms with van der Waals surface area (Å²) in [5.41, 5.74) is 1.23. The van der Waals surface area contributed by atoms with E-state index < -0.39 is 12.3 Å². The number of nitriles is 1. The lowest BCUT2D eigenvalue weighted by Crippen LogP contribution is -2.39. The van der Waals surface area contributed by atoms with Crippen LogP contribution in [0.15, 0.2) is 48.0 Å². The molecule has 1 atom stereocenters. The van der Waals surface area contributed by atoms with Crippen molar-refractivity contribution >= 4 is 40.1 Å². The number of fused-ring (bicyclic) bond motifs is 1. The molecule has 2 amide bonds. The zero-order valence-electron chi connectivity index (χ0n) is 20.3. The van der Waals surface area contributed by atoms with Crippen LogP contribution in [0, 0.1) is 16.7 Å². The number of halogens is 2. The fourth-order valence-electron chi connectivity index (χ4n) is 4.34. The van der Waals surface area contributed by atoms with Crippen molar-refractivity contribution in [3.8, 4) is 6.07 Å². The van der Waals surface area contributed by atoms with Crippen molar-refractivity contribution in [2.75, 3.05) is 11.9 Å². The largest absolute Gasteiger partial charge is 0.333 e. The number of imidazole rings is 1. The Balaban J connectivity index is 1.62. The molecule has 0 unspecified atom stereocenters. The normalized spacial score (nSPS) is 16.5. The van der Waals surface area contributed by atoms with E-state index in [0.717, 1.165) is 29.7 Å². The van der Waals surface area contributed by atoms with E-state index in [2.05, 4.69) is 16.4 Å². The second kappa shape index (κ2) is 10.2. The molecule has 10 heteroatoms. The minimum absolute atomic E-state index is 0.117. The van der Waals surface area contributed by atoms with Crippen LogP contribution in [0.25, 0.3) is 11.0 Å². The van der Waals surface area contributed by atoms with Crippen molar-refractivity contribution in [2.45, 2.75) is 52.6 Å². The molecule has 0 aliphatic carbocycles. The smallest absolute Gasteiger partial charge is 0.272 e. The first kappa shape index (κ1) is 25.5. The molecule has 1 saturated heterocycles. The molecular weight excluding hydrogens is 484 g/mol. The third-order valence-electron chi connectivity index (χ3n) is 5.91. The van der Waals surface area contributed by atoms with Gasteiger partial charge in [0.15, 0.2) is 0 Å². The second-order valence-corrected chi connectivity index (χ2v) is 10.9. The number of hydrogen-bond donors (Lipinski definition) is 1. The first-order valence-electron chi connectivity index (χ1n) is 11.7. The van der Waals surface area contributed by atoms with E-state index in [1.807, 2.05) is 49.6 Å². The number of allylic oxidation sites excluding steroid dienone is 1. The molecule has 0 bridgehead atoms. The van der Waals surface area contributed by atoms with Gasteiger partial charge in [0.1, 0.15) is 11.6 Å². The average molecular weight is 512 g/mol. The number of alkyl halides is 2. The van der Waals surface area contributed by atoms with Crippen LogP contribution in [0.5, 0.6) is 0 Å². The minimum atomic E-state index is -2.64. The maximum atomic E-state index is 13.2. The van der Waals surface area contributed by atoms with Gasteiger partial charge in [0.25, 0.3) is 18.2 Å². The van der Waals surface area contributed by atoms with Crippen LogP contribution in [0.1, 0.15) is 54.6 Å². The Kier molecular flexibility index (Phi) is 7.22. The highest BCUT2D eigenvalue weighted by Crippen LogP contribution is 2.30. The van der Waals surface area contributed by atoms with Crippen molar-refractivity contribution in [3.05, 3.63) is 57.8 Å². The zero-order chi connectivity index (χ0) is 26.0. The van der Waals surface area contributed by atoms with E-state index in [9.17, 15) is 23.6 Å². The molecule has 1 fully saturated rings. The third-order valence-corrected chi connectivity index (χ3v) is 7.00. The summed E-state index contributed by atoms with van der Waals surface area (Å²) in [4.78, 5) is 32.3. The summed E-state index contributed by atoms with van der Waals surface area (Å²) in [7, 11) is 0. The Morgan fingerprint density at radius 3 is 2.69 bits per heavy atom. The van der Waals surface area contributed by atoms with Crippen molar-refractivity contribution in [2.24, 2.45) is 5.41 Å². The number of carbonyl (C=O) groups is 2. The van der Waals surface area contributed by atoms with Crippen LogP contribution in [0.3, 0.4) is 0 Å². The number of nitrogens with one attached hydrogen (secondary N) is 1. The summed E-state index contributed by atoms with van der Waals surface area (Å²) in [5.74, 6) is -0.552. The maximum Gasteiger partial charge on any atom is 0.272 e. The monoisotopic (exact) mass is 511 g/mol. The second-order valence-electron chi connectivity index (χ2n) is 9.82. The highest BCUT2D eigenvalue weighted by Gasteiger charge is 2.32. The number of likely N-dealkylation sites (tertiary alicyclic amines) is 1. The summed E-state index contributed by atoms with van der Waals surface area (Å²) in [5, 5.41) is 12.4. The average Bonchev–Trinajstić information content (AvgIpc) is 3.56. The molecule has 3 aromatic rings. The fraction of sp³-hybridized carbons (Fsp3) is 0.385. The molecular formula is C26H27F2N5O2S. The van der Waals surface area contributed by atoms with Gasteiger partial charge in [-0.05, 0) is 42.5 Å². The first-order chi connectivity index (χ1) is 17.1. The molecule has 0 saturated carbocycles.